The van der Waals surface area contributed by atoms with Gasteiger partial charge in [0.05, 0.1) is 12.0 Å². The Labute approximate surface area is 170 Å². The normalized spacial score (nSPS) is 18.6. The van der Waals surface area contributed by atoms with Crippen molar-refractivity contribution in [1.29, 1.82) is 0 Å². The summed E-state index contributed by atoms with van der Waals surface area (Å²) >= 11 is 0. The summed E-state index contributed by atoms with van der Waals surface area (Å²) in [6, 6.07) is 10.0. The molecule has 0 aliphatic carbocycles. The first-order chi connectivity index (χ1) is 13.9. The van der Waals surface area contributed by atoms with Gasteiger partial charge in [-0.15, -0.1) is 0 Å². The maximum atomic E-state index is 12.8. The SMILES string of the molecule is COc1ccc(S(=O)(=O)Nc2ccc3c(c2)CCN3C(=O)C2CCCO2)cc1C. The van der Waals surface area contributed by atoms with E-state index in [9.17, 15) is 13.2 Å². The molecule has 7 nitrogen and oxygen atoms in total. The van der Waals surface area contributed by atoms with Gasteiger partial charge in [0.25, 0.3) is 15.9 Å². The molecule has 0 bridgehead atoms. The van der Waals surface area contributed by atoms with Gasteiger partial charge >= 0.3 is 0 Å². The fraction of sp³-hybridized carbons (Fsp3) is 0.381. The Morgan fingerprint density at radius 3 is 2.76 bits per heavy atom. The number of ether oxygens (including phenoxy) is 2. The molecule has 1 unspecified atom stereocenters. The Kier molecular flexibility index (Phi) is 5.23. The van der Waals surface area contributed by atoms with Crippen molar-refractivity contribution in [3.8, 4) is 5.75 Å². The van der Waals surface area contributed by atoms with Gasteiger partial charge in [-0.3, -0.25) is 9.52 Å². The lowest BCUT2D eigenvalue weighted by molar-refractivity contribution is -0.127. The standard InChI is InChI=1S/C21H24N2O5S/c1-14-12-17(6-8-19(14)27-2)29(25,26)22-16-5-7-18-15(13-16)9-10-23(18)21(24)20-4-3-11-28-20/h5-8,12-13,20,22H,3-4,9-11H2,1-2H3. The summed E-state index contributed by atoms with van der Waals surface area (Å²) < 4.78 is 38.9. The molecule has 29 heavy (non-hydrogen) atoms. The second-order valence-corrected chi connectivity index (χ2v) is 9.00. The third kappa shape index (κ3) is 3.82. The molecule has 1 fully saturated rings. The summed E-state index contributed by atoms with van der Waals surface area (Å²) in [7, 11) is -2.18. The number of hydrogen-bond acceptors (Lipinski definition) is 5. The summed E-state index contributed by atoms with van der Waals surface area (Å²) in [5.74, 6) is 0.626. The van der Waals surface area contributed by atoms with Crippen LogP contribution in [0.25, 0.3) is 0 Å². The highest BCUT2D eigenvalue weighted by Gasteiger charge is 2.32. The minimum Gasteiger partial charge on any atom is -0.496 e. The van der Waals surface area contributed by atoms with Crippen molar-refractivity contribution in [2.24, 2.45) is 0 Å². The fourth-order valence-corrected chi connectivity index (χ4v) is 5.01. The number of fused-ring (bicyclic) bond motifs is 1. The largest absolute Gasteiger partial charge is 0.496 e. The second-order valence-electron chi connectivity index (χ2n) is 7.32. The molecule has 0 aromatic heterocycles. The first-order valence-corrected chi connectivity index (χ1v) is 11.1. The number of carbonyl (C=O) groups excluding carboxylic acids is 1. The van der Waals surface area contributed by atoms with Gasteiger partial charge in [0.1, 0.15) is 11.9 Å². The Bertz CT molecular complexity index is 1050. The minimum atomic E-state index is -3.73. The van der Waals surface area contributed by atoms with E-state index in [-0.39, 0.29) is 16.9 Å². The Hall–Kier alpha value is -2.58. The molecule has 4 rings (SSSR count). The predicted molar refractivity (Wildman–Crippen MR) is 110 cm³/mol. The van der Waals surface area contributed by atoms with E-state index in [0.717, 1.165) is 29.7 Å². The predicted octanol–water partition coefficient (Wildman–Crippen LogP) is 2.87. The molecule has 2 aliphatic heterocycles. The van der Waals surface area contributed by atoms with Gasteiger partial charge in [-0.05, 0) is 73.7 Å². The van der Waals surface area contributed by atoms with Crippen molar-refractivity contribution >= 4 is 27.3 Å². The lowest BCUT2D eigenvalue weighted by Crippen LogP contribution is -2.37. The summed E-state index contributed by atoms with van der Waals surface area (Å²) in [6.07, 6.45) is 1.98. The van der Waals surface area contributed by atoms with Crippen LogP contribution in [0.15, 0.2) is 41.3 Å². The Morgan fingerprint density at radius 1 is 1.24 bits per heavy atom. The minimum absolute atomic E-state index is 0.0108. The first-order valence-electron chi connectivity index (χ1n) is 9.62. The topological polar surface area (TPSA) is 84.9 Å². The maximum absolute atomic E-state index is 12.8. The number of amides is 1. The van der Waals surface area contributed by atoms with Crippen LogP contribution < -0.4 is 14.4 Å². The number of methoxy groups -OCH3 is 1. The smallest absolute Gasteiger partial charge is 0.261 e. The van der Waals surface area contributed by atoms with Crippen LogP contribution in [-0.2, 0) is 26.0 Å². The van der Waals surface area contributed by atoms with Gasteiger partial charge in [0, 0.05) is 24.5 Å². The third-order valence-electron chi connectivity index (χ3n) is 5.38. The molecule has 1 amide bonds. The van der Waals surface area contributed by atoms with Crippen molar-refractivity contribution in [2.75, 3.05) is 29.9 Å². The lowest BCUT2D eigenvalue weighted by atomic mass is 10.1. The van der Waals surface area contributed by atoms with E-state index in [4.69, 9.17) is 9.47 Å². The molecule has 2 heterocycles. The van der Waals surface area contributed by atoms with Crippen LogP contribution in [0.5, 0.6) is 5.75 Å². The van der Waals surface area contributed by atoms with Gasteiger partial charge < -0.3 is 14.4 Å². The number of nitrogens with zero attached hydrogens (tertiary/aromatic N) is 1. The van der Waals surface area contributed by atoms with Crippen molar-refractivity contribution < 1.29 is 22.7 Å². The molecule has 0 saturated carbocycles. The number of benzene rings is 2. The van der Waals surface area contributed by atoms with Crippen LogP contribution in [0.2, 0.25) is 0 Å². The van der Waals surface area contributed by atoms with Crippen molar-refractivity contribution in [3.05, 3.63) is 47.5 Å². The Morgan fingerprint density at radius 2 is 2.07 bits per heavy atom. The van der Waals surface area contributed by atoms with Crippen LogP contribution in [0.4, 0.5) is 11.4 Å². The molecule has 1 saturated heterocycles. The number of anilines is 2. The van der Waals surface area contributed by atoms with Gasteiger partial charge in [0.15, 0.2) is 0 Å². The van der Waals surface area contributed by atoms with Gasteiger partial charge in [-0.1, -0.05) is 0 Å². The van der Waals surface area contributed by atoms with Crippen LogP contribution in [-0.4, -0.2) is 40.7 Å². The van der Waals surface area contributed by atoms with Gasteiger partial charge in [-0.2, -0.15) is 0 Å². The second kappa shape index (κ2) is 7.68. The van der Waals surface area contributed by atoms with E-state index in [1.54, 1.807) is 49.3 Å². The van der Waals surface area contributed by atoms with E-state index in [1.807, 2.05) is 0 Å². The number of sulfonamides is 1. The third-order valence-corrected chi connectivity index (χ3v) is 6.75. The summed E-state index contributed by atoms with van der Waals surface area (Å²) in [5, 5.41) is 0. The summed E-state index contributed by atoms with van der Waals surface area (Å²) in [4.78, 5) is 14.6. The summed E-state index contributed by atoms with van der Waals surface area (Å²) in [6.45, 7) is 3.01. The highest BCUT2D eigenvalue weighted by Crippen LogP contribution is 2.33. The molecular formula is C21H24N2O5S. The Balaban J connectivity index is 1.54. The number of carbonyl (C=O) groups is 1. The average molecular weight is 416 g/mol. The van der Waals surface area contributed by atoms with Crippen molar-refractivity contribution in [3.63, 3.8) is 0 Å². The number of aryl methyl sites for hydroxylation is 1. The average Bonchev–Trinajstić information content (AvgIpc) is 3.37. The van der Waals surface area contributed by atoms with Crippen LogP contribution in [0.1, 0.15) is 24.0 Å². The number of hydrogen-bond donors (Lipinski definition) is 1. The number of nitrogens with one attached hydrogen (secondary N) is 1. The van der Waals surface area contributed by atoms with E-state index in [2.05, 4.69) is 4.72 Å². The zero-order valence-electron chi connectivity index (χ0n) is 16.5. The lowest BCUT2D eigenvalue weighted by Gasteiger charge is -2.21. The maximum Gasteiger partial charge on any atom is 0.261 e. The van der Waals surface area contributed by atoms with Crippen LogP contribution >= 0.6 is 0 Å². The molecule has 1 atom stereocenters. The van der Waals surface area contributed by atoms with E-state index in [0.29, 0.717) is 31.0 Å². The molecule has 2 aromatic rings. The van der Waals surface area contributed by atoms with E-state index < -0.39 is 10.0 Å². The molecule has 2 aromatic carbocycles. The van der Waals surface area contributed by atoms with Gasteiger partial charge in [0.2, 0.25) is 0 Å². The van der Waals surface area contributed by atoms with Gasteiger partial charge in [-0.25, -0.2) is 8.42 Å². The molecular weight excluding hydrogens is 392 g/mol. The number of rotatable bonds is 5. The molecule has 2 aliphatic rings. The van der Waals surface area contributed by atoms with E-state index in [1.165, 1.54) is 6.07 Å². The zero-order valence-corrected chi connectivity index (χ0v) is 17.3. The monoisotopic (exact) mass is 416 g/mol. The van der Waals surface area contributed by atoms with Crippen LogP contribution in [0, 0.1) is 6.92 Å². The molecule has 154 valence electrons. The highest BCUT2D eigenvalue weighted by molar-refractivity contribution is 7.92. The zero-order chi connectivity index (χ0) is 20.6. The van der Waals surface area contributed by atoms with Crippen molar-refractivity contribution in [1.82, 2.24) is 0 Å². The molecule has 8 heteroatoms. The summed E-state index contributed by atoms with van der Waals surface area (Å²) in [5.41, 5.74) is 2.99. The van der Waals surface area contributed by atoms with Crippen molar-refractivity contribution in [2.45, 2.75) is 37.2 Å². The quantitative estimate of drug-likeness (QED) is 0.810. The first kappa shape index (κ1) is 19.7. The van der Waals surface area contributed by atoms with Crippen LogP contribution in [0.3, 0.4) is 0 Å². The van der Waals surface area contributed by atoms with E-state index >= 15 is 0 Å². The molecule has 0 radical (unpaired) electrons. The molecule has 1 N–H and O–H groups in total. The highest BCUT2D eigenvalue weighted by atomic mass is 32.2. The molecule has 0 spiro atoms. The fourth-order valence-electron chi connectivity index (χ4n) is 3.87.